The first kappa shape index (κ1) is 18.8. The van der Waals surface area contributed by atoms with Gasteiger partial charge < -0.3 is 15.1 Å². The Labute approximate surface area is 158 Å². The predicted molar refractivity (Wildman–Crippen MR) is 106 cm³/mol. The largest absolute Gasteiger partial charge is 0.421 e. The van der Waals surface area contributed by atoms with Gasteiger partial charge in [-0.15, -0.1) is 10.2 Å². The van der Waals surface area contributed by atoms with E-state index in [2.05, 4.69) is 20.8 Å². The van der Waals surface area contributed by atoms with Crippen molar-refractivity contribution < 1.29 is 9.21 Å². The van der Waals surface area contributed by atoms with Crippen LogP contribution >= 0.6 is 11.8 Å². The zero-order valence-electron chi connectivity index (χ0n) is 15.4. The Morgan fingerprint density at radius 1 is 1.23 bits per heavy atom. The van der Waals surface area contributed by atoms with E-state index >= 15 is 0 Å². The lowest BCUT2D eigenvalue weighted by Crippen LogP contribution is -2.31. The molecule has 0 spiro atoms. The monoisotopic (exact) mass is 374 g/mol. The number of carbonyl (C=O) groups is 1. The number of anilines is 1. The van der Waals surface area contributed by atoms with Gasteiger partial charge in [-0.2, -0.15) is 11.8 Å². The fraction of sp³-hybridized carbons (Fsp3) is 0.526. The molecule has 1 saturated carbocycles. The Bertz CT molecular complexity index is 741. The SMILES string of the molecule is Cc1nnc(-c2ccc(C)c(NC(=O)NCCSC3CCCCC3)c2)o1. The van der Waals surface area contributed by atoms with E-state index in [9.17, 15) is 4.79 Å². The summed E-state index contributed by atoms with van der Waals surface area (Å²) in [6, 6.07) is 5.52. The van der Waals surface area contributed by atoms with Gasteiger partial charge in [-0.3, -0.25) is 0 Å². The van der Waals surface area contributed by atoms with Crippen molar-refractivity contribution in [2.45, 2.75) is 51.2 Å². The average Bonchev–Trinajstić information content (AvgIpc) is 3.08. The van der Waals surface area contributed by atoms with Gasteiger partial charge in [0.15, 0.2) is 0 Å². The molecule has 1 aromatic heterocycles. The maximum Gasteiger partial charge on any atom is 0.319 e. The van der Waals surface area contributed by atoms with Crippen LogP contribution in [0.5, 0.6) is 0 Å². The molecule has 7 heteroatoms. The van der Waals surface area contributed by atoms with Gasteiger partial charge in [0.25, 0.3) is 0 Å². The summed E-state index contributed by atoms with van der Waals surface area (Å²) in [5.74, 6) is 1.93. The number of thioether (sulfide) groups is 1. The highest BCUT2D eigenvalue weighted by atomic mass is 32.2. The van der Waals surface area contributed by atoms with Gasteiger partial charge in [-0.05, 0) is 37.5 Å². The molecule has 1 aliphatic rings. The summed E-state index contributed by atoms with van der Waals surface area (Å²) in [5, 5.41) is 14.5. The van der Waals surface area contributed by atoms with E-state index in [1.165, 1.54) is 32.1 Å². The van der Waals surface area contributed by atoms with Gasteiger partial charge in [-0.25, -0.2) is 4.79 Å². The Kier molecular flexibility index (Phi) is 6.55. The van der Waals surface area contributed by atoms with Crippen LogP contribution in [-0.2, 0) is 0 Å². The molecule has 1 fully saturated rings. The molecule has 0 bridgehead atoms. The van der Waals surface area contributed by atoms with Crippen molar-refractivity contribution in [1.82, 2.24) is 15.5 Å². The molecule has 0 aliphatic heterocycles. The Hall–Kier alpha value is -2.02. The molecule has 1 aliphatic carbocycles. The van der Waals surface area contributed by atoms with Gasteiger partial charge in [0.1, 0.15) is 0 Å². The summed E-state index contributed by atoms with van der Waals surface area (Å²) in [4.78, 5) is 12.2. The van der Waals surface area contributed by atoms with Gasteiger partial charge in [-0.1, -0.05) is 25.3 Å². The first-order valence-corrected chi connectivity index (χ1v) is 10.2. The molecule has 0 atom stereocenters. The number of aromatic nitrogens is 2. The van der Waals surface area contributed by atoms with Crippen LogP contribution in [0.2, 0.25) is 0 Å². The van der Waals surface area contributed by atoms with Crippen LogP contribution in [-0.4, -0.2) is 33.8 Å². The third-order valence-electron chi connectivity index (χ3n) is 4.55. The number of aryl methyl sites for hydroxylation is 2. The summed E-state index contributed by atoms with van der Waals surface area (Å²) < 4.78 is 5.45. The fourth-order valence-electron chi connectivity index (χ4n) is 3.09. The number of amides is 2. The molecule has 26 heavy (non-hydrogen) atoms. The summed E-state index contributed by atoms with van der Waals surface area (Å²) in [5.41, 5.74) is 2.52. The number of nitrogens with zero attached hydrogens (tertiary/aromatic N) is 2. The molecule has 1 heterocycles. The zero-order valence-corrected chi connectivity index (χ0v) is 16.2. The van der Waals surface area contributed by atoms with Crippen LogP contribution in [0.1, 0.15) is 43.6 Å². The fourth-order valence-corrected chi connectivity index (χ4v) is 4.31. The standard InChI is InChI=1S/C19H26N4O2S/c1-13-8-9-15(18-23-22-14(2)25-18)12-17(13)21-19(24)20-10-11-26-16-6-4-3-5-7-16/h8-9,12,16H,3-7,10-11H2,1-2H3,(H2,20,21,24). The van der Waals surface area contributed by atoms with Crippen molar-refractivity contribution >= 4 is 23.5 Å². The Balaban J connectivity index is 1.49. The van der Waals surface area contributed by atoms with E-state index < -0.39 is 0 Å². The number of hydrogen-bond donors (Lipinski definition) is 2. The van der Waals surface area contributed by atoms with Crippen molar-refractivity contribution in [3.63, 3.8) is 0 Å². The Morgan fingerprint density at radius 3 is 2.77 bits per heavy atom. The van der Waals surface area contributed by atoms with E-state index in [0.29, 0.717) is 18.3 Å². The predicted octanol–water partition coefficient (Wildman–Crippen LogP) is 4.54. The minimum atomic E-state index is -0.184. The molecule has 0 saturated heterocycles. The van der Waals surface area contributed by atoms with Crippen molar-refractivity contribution in [3.05, 3.63) is 29.7 Å². The highest BCUT2D eigenvalue weighted by molar-refractivity contribution is 7.99. The van der Waals surface area contributed by atoms with Crippen molar-refractivity contribution in [2.75, 3.05) is 17.6 Å². The maximum atomic E-state index is 12.2. The van der Waals surface area contributed by atoms with Crippen LogP contribution in [0.15, 0.2) is 22.6 Å². The van der Waals surface area contributed by atoms with Crippen molar-refractivity contribution in [1.29, 1.82) is 0 Å². The molecule has 0 unspecified atom stereocenters. The normalized spacial score (nSPS) is 15.0. The summed E-state index contributed by atoms with van der Waals surface area (Å²) >= 11 is 1.98. The van der Waals surface area contributed by atoms with Crippen LogP contribution < -0.4 is 10.6 Å². The molecule has 2 amide bonds. The lowest BCUT2D eigenvalue weighted by atomic mass is 10.0. The second-order valence-corrected chi connectivity index (χ2v) is 8.08. The van der Waals surface area contributed by atoms with E-state index in [-0.39, 0.29) is 6.03 Å². The molecule has 140 valence electrons. The average molecular weight is 375 g/mol. The summed E-state index contributed by atoms with van der Waals surface area (Å²) in [7, 11) is 0. The highest BCUT2D eigenvalue weighted by Crippen LogP contribution is 2.28. The Morgan fingerprint density at radius 2 is 2.04 bits per heavy atom. The van der Waals surface area contributed by atoms with Crippen LogP contribution in [0.4, 0.5) is 10.5 Å². The smallest absolute Gasteiger partial charge is 0.319 e. The third-order valence-corrected chi connectivity index (χ3v) is 5.93. The van der Waals surface area contributed by atoms with Gasteiger partial charge in [0.2, 0.25) is 11.8 Å². The molecular formula is C19H26N4O2S. The number of carbonyl (C=O) groups excluding carboxylic acids is 1. The molecule has 0 radical (unpaired) electrons. The summed E-state index contributed by atoms with van der Waals surface area (Å²) in [6.07, 6.45) is 6.71. The minimum Gasteiger partial charge on any atom is -0.421 e. The summed E-state index contributed by atoms with van der Waals surface area (Å²) in [6.45, 7) is 4.38. The van der Waals surface area contributed by atoms with E-state index in [4.69, 9.17) is 4.42 Å². The number of hydrogen-bond acceptors (Lipinski definition) is 5. The van der Waals surface area contributed by atoms with Crippen molar-refractivity contribution in [2.24, 2.45) is 0 Å². The number of urea groups is 1. The number of nitrogens with one attached hydrogen (secondary N) is 2. The lowest BCUT2D eigenvalue weighted by Gasteiger charge is -2.20. The van der Waals surface area contributed by atoms with Gasteiger partial charge in [0, 0.05) is 35.7 Å². The quantitative estimate of drug-likeness (QED) is 0.726. The molecular weight excluding hydrogens is 348 g/mol. The van der Waals surface area contributed by atoms with E-state index in [0.717, 1.165) is 27.8 Å². The number of rotatable bonds is 6. The molecule has 6 nitrogen and oxygen atoms in total. The van der Waals surface area contributed by atoms with Crippen molar-refractivity contribution in [3.8, 4) is 11.5 Å². The lowest BCUT2D eigenvalue weighted by molar-refractivity contribution is 0.252. The molecule has 3 rings (SSSR count). The molecule has 1 aromatic carbocycles. The maximum absolute atomic E-state index is 12.2. The topological polar surface area (TPSA) is 80.0 Å². The van der Waals surface area contributed by atoms with Crippen LogP contribution in [0, 0.1) is 13.8 Å². The minimum absolute atomic E-state index is 0.184. The molecule has 2 aromatic rings. The van der Waals surface area contributed by atoms with Crippen LogP contribution in [0.25, 0.3) is 11.5 Å². The first-order valence-electron chi connectivity index (χ1n) is 9.19. The molecule has 2 N–H and O–H groups in total. The van der Waals surface area contributed by atoms with Crippen LogP contribution in [0.3, 0.4) is 0 Å². The van der Waals surface area contributed by atoms with E-state index in [1.807, 2.05) is 36.9 Å². The van der Waals surface area contributed by atoms with Gasteiger partial charge >= 0.3 is 6.03 Å². The van der Waals surface area contributed by atoms with E-state index in [1.54, 1.807) is 6.92 Å². The number of benzene rings is 1. The second-order valence-electron chi connectivity index (χ2n) is 6.67. The van der Waals surface area contributed by atoms with Gasteiger partial charge in [0.05, 0.1) is 0 Å². The third kappa shape index (κ3) is 5.24. The first-order chi connectivity index (χ1) is 12.6. The highest BCUT2D eigenvalue weighted by Gasteiger charge is 2.14. The second kappa shape index (κ2) is 9.07. The zero-order chi connectivity index (χ0) is 18.4.